The number of hydrogen-bond acceptors (Lipinski definition) is 5. The molecule has 30 heavy (non-hydrogen) atoms. The third-order valence-electron chi connectivity index (χ3n) is 7.23. The van der Waals surface area contributed by atoms with Crippen molar-refractivity contribution in [3.8, 4) is 6.19 Å². The van der Waals surface area contributed by atoms with Crippen LogP contribution < -0.4 is 15.1 Å². The summed E-state index contributed by atoms with van der Waals surface area (Å²) in [4.78, 5) is 7.48. The Hall–Kier alpha value is -2.71. The molecule has 2 atom stereocenters. The van der Waals surface area contributed by atoms with Crippen LogP contribution in [0.5, 0.6) is 0 Å². The molecular weight excluding hydrogens is 370 g/mol. The maximum absolute atomic E-state index is 9.42. The highest BCUT2D eigenvalue weighted by molar-refractivity contribution is 5.78. The summed E-state index contributed by atoms with van der Waals surface area (Å²) in [7, 11) is 0. The third kappa shape index (κ3) is 3.20. The molecule has 0 saturated carbocycles. The second-order valence-electron chi connectivity index (χ2n) is 8.69. The van der Waals surface area contributed by atoms with Crippen molar-refractivity contribution in [3.63, 3.8) is 0 Å². The van der Waals surface area contributed by atoms with Gasteiger partial charge < -0.3 is 9.80 Å². The lowest BCUT2D eigenvalue weighted by Crippen LogP contribution is -2.57. The van der Waals surface area contributed by atoms with E-state index in [2.05, 4.69) is 81.7 Å². The van der Waals surface area contributed by atoms with Crippen molar-refractivity contribution < 1.29 is 0 Å². The summed E-state index contributed by atoms with van der Waals surface area (Å²) >= 11 is 0. The van der Waals surface area contributed by atoms with Crippen LogP contribution in [-0.4, -0.2) is 36.9 Å². The fourth-order valence-corrected chi connectivity index (χ4v) is 5.87. The number of fused-ring (bicyclic) bond motifs is 2. The molecule has 1 saturated heterocycles. The summed E-state index contributed by atoms with van der Waals surface area (Å²) in [5, 5.41) is 12.5. The highest BCUT2D eigenvalue weighted by Crippen LogP contribution is 2.42. The quantitative estimate of drug-likeness (QED) is 0.614. The van der Waals surface area contributed by atoms with Crippen molar-refractivity contribution in [2.45, 2.75) is 57.4 Å². The zero-order valence-corrected chi connectivity index (χ0v) is 17.8. The summed E-state index contributed by atoms with van der Waals surface area (Å²) in [6.07, 6.45) is 8.18. The van der Waals surface area contributed by atoms with Crippen LogP contribution in [0.25, 0.3) is 0 Å². The fraction of sp³-hybridized carbons (Fsp3) is 0.480. The number of nitrogens with one attached hydrogen (secondary N) is 1. The molecular formula is C25H31N5. The molecule has 1 aliphatic carbocycles. The number of piperidine rings is 1. The monoisotopic (exact) mass is 401 g/mol. The van der Waals surface area contributed by atoms with Gasteiger partial charge in [0.05, 0.1) is 11.4 Å². The smallest absolute Gasteiger partial charge is 0.187 e. The largest absolute Gasteiger partial charge is 0.332 e. The topological polar surface area (TPSA) is 45.5 Å². The van der Waals surface area contributed by atoms with Gasteiger partial charge in [0.1, 0.15) is 0 Å². The van der Waals surface area contributed by atoms with Crippen LogP contribution in [0.3, 0.4) is 0 Å². The first-order valence-corrected chi connectivity index (χ1v) is 11.4. The van der Waals surface area contributed by atoms with Gasteiger partial charge in [-0.1, -0.05) is 36.4 Å². The van der Waals surface area contributed by atoms with Gasteiger partial charge in [-0.15, -0.1) is 0 Å². The second kappa shape index (κ2) is 8.20. The molecule has 2 aromatic carbocycles. The van der Waals surface area contributed by atoms with Gasteiger partial charge in [-0.2, -0.15) is 5.26 Å². The lowest BCUT2D eigenvalue weighted by atomic mass is 9.85. The van der Waals surface area contributed by atoms with Crippen molar-refractivity contribution >= 4 is 11.4 Å². The van der Waals surface area contributed by atoms with Crippen LogP contribution >= 0.6 is 0 Å². The molecule has 2 unspecified atom stereocenters. The minimum atomic E-state index is -0.0793. The molecule has 2 aliphatic heterocycles. The number of para-hydroxylation sites is 2. The molecule has 5 heteroatoms. The van der Waals surface area contributed by atoms with Crippen LogP contribution in [0.4, 0.5) is 11.4 Å². The minimum Gasteiger partial charge on any atom is -0.332 e. The Kier molecular flexibility index (Phi) is 5.26. The van der Waals surface area contributed by atoms with Gasteiger partial charge in [0.25, 0.3) is 0 Å². The number of nitriles is 1. The number of nitrogens with zero attached hydrogens (tertiary/aromatic N) is 4. The molecule has 0 amide bonds. The van der Waals surface area contributed by atoms with E-state index in [0.29, 0.717) is 12.1 Å². The molecule has 0 spiro atoms. The number of likely N-dealkylation sites (tertiary alicyclic amines) is 1. The van der Waals surface area contributed by atoms with E-state index >= 15 is 0 Å². The van der Waals surface area contributed by atoms with Gasteiger partial charge in [0, 0.05) is 31.7 Å². The van der Waals surface area contributed by atoms with Crippen LogP contribution in [0.2, 0.25) is 0 Å². The molecule has 0 aromatic heterocycles. The van der Waals surface area contributed by atoms with E-state index in [4.69, 9.17) is 0 Å². The minimum absolute atomic E-state index is 0.0793. The molecule has 0 bridgehead atoms. The molecule has 1 fully saturated rings. The van der Waals surface area contributed by atoms with Crippen molar-refractivity contribution in [2.75, 3.05) is 29.4 Å². The van der Waals surface area contributed by atoms with Crippen molar-refractivity contribution in [2.24, 2.45) is 0 Å². The first kappa shape index (κ1) is 19.3. The Balaban J connectivity index is 1.35. The number of aryl methyl sites for hydroxylation is 1. The third-order valence-corrected chi connectivity index (χ3v) is 7.23. The SMILES string of the molecule is CCN1c2ccccc2N(C2CCN(C3CCCc4ccccc43)CC2)C1NC#N. The molecule has 2 heterocycles. The molecule has 1 N–H and O–H groups in total. The predicted molar refractivity (Wildman–Crippen MR) is 121 cm³/mol. The van der Waals surface area contributed by atoms with Gasteiger partial charge in [-0.3, -0.25) is 10.2 Å². The van der Waals surface area contributed by atoms with Crippen LogP contribution in [0, 0.1) is 11.5 Å². The first-order valence-electron chi connectivity index (χ1n) is 11.4. The van der Waals surface area contributed by atoms with E-state index in [1.54, 1.807) is 11.1 Å². The number of rotatable bonds is 4. The molecule has 156 valence electrons. The maximum atomic E-state index is 9.42. The van der Waals surface area contributed by atoms with E-state index in [-0.39, 0.29) is 6.29 Å². The number of hydrogen-bond donors (Lipinski definition) is 1. The Morgan fingerprint density at radius 2 is 1.73 bits per heavy atom. The zero-order valence-electron chi connectivity index (χ0n) is 17.8. The molecule has 3 aliphatic rings. The molecule has 5 rings (SSSR count). The standard InChI is InChI=1S/C25H31N5/c1-2-29-23-11-5-6-12-24(23)30(25(29)27-18-26)20-14-16-28(17-15-20)22-13-7-9-19-8-3-4-10-21(19)22/h3-6,8,10-12,20,22,25,27H,2,7,9,13-17H2,1H3. The van der Waals surface area contributed by atoms with Crippen LogP contribution in [-0.2, 0) is 6.42 Å². The summed E-state index contributed by atoms with van der Waals surface area (Å²) < 4.78 is 0. The van der Waals surface area contributed by atoms with Crippen molar-refractivity contribution in [3.05, 3.63) is 59.7 Å². The van der Waals surface area contributed by atoms with Crippen LogP contribution in [0.1, 0.15) is 49.8 Å². The number of anilines is 2. The Bertz CT molecular complexity index is 927. The van der Waals surface area contributed by atoms with Crippen molar-refractivity contribution in [1.82, 2.24) is 10.2 Å². The lowest BCUT2D eigenvalue weighted by Gasteiger charge is -2.44. The molecule has 0 radical (unpaired) electrons. The Morgan fingerprint density at radius 1 is 1.00 bits per heavy atom. The van der Waals surface area contributed by atoms with E-state index in [1.165, 1.54) is 30.6 Å². The zero-order chi connectivity index (χ0) is 20.5. The highest BCUT2D eigenvalue weighted by Gasteiger charge is 2.40. The predicted octanol–water partition coefficient (Wildman–Crippen LogP) is 4.23. The van der Waals surface area contributed by atoms with Crippen molar-refractivity contribution in [1.29, 1.82) is 5.26 Å². The lowest BCUT2D eigenvalue weighted by molar-refractivity contribution is 0.135. The second-order valence-corrected chi connectivity index (χ2v) is 8.69. The Labute approximate surface area is 179 Å². The molecule has 5 nitrogen and oxygen atoms in total. The van der Waals surface area contributed by atoms with E-state index in [9.17, 15) is 5.26 Å². The average Bonchev–Trinajstić information content (AvgIpc) is 3.12. The normalized spacial score (nSPS) is 24.3. The summed E-state index contributed by atoms with van der Waals surface area (Å²) in [5.41, 5.74) is 5.58. The average molecular weight is 402 g/mol. The Morgan fingerprint density at radius 3 is 2.50 bits per heavy atom. The number of benzene rings is 2. The van der Waals surface area contributed by atoms with Gasteiger partial charge in [-0.25, -0.2) is 0 Å². The van der Waals surface area contributed by atoms with E-state index in [1.807, 2.05) is 0 Å². The summed E-state index contributed by atoms with van der Waals surface area (Å²) in [5.74, 6) is 0. The summed E-state index contributed by atoms with van der Waals surface area (Å²) in [6, 6.07) is 18.6. The van der Waals surface area contributed by atoms with Gasteiger partial charge in [0.15, 0.2) is 12.5 Å². The van der Waals surface area contributed by atoms with Gasteiger partial charge >= 0.3 is 0 Å². The highest BCUT2D eigenvalue weighted by atomic mass is 15.5. The first-order chi connectivity index (χ1) is 14.8. The van der Waals surface area contributed by atoms with Gasteiger partial charge in [0.2, 0.25) is 0 Å². The fourth-order valence-electron chi connectivity index (χ4n) is 5.87. The van der Waals surface area contributed by atoms with Gasteiger partial charge in [-0.05, 0) is 62.3 Å². The van der Waals surface area contributed by atoms with Crippen LogP contribution in [0.15, 0.2) is 48.5 Å². The maximum Gasteiger partial charge on any atom is 0.187 e. The van der Waals surface area contributed by atoms with E-state index < -0.39 is 0 Å². The van der Waals surface area contributed by atoms with E-state index in [0.717, 1.165) is 32.5 Å². The summed E-state index contributed by atoms with van der Waals surface area (Å²) in [6.45, 7) is 5.28. The molecule has 2 aromatic rings.